The van der Waals surface area contributed by atoms with Crippen LogP contribution in [0.25, 0.3) is 0 Å². The predicted molar refractivity (Wildman–Crippen MR) is 116 cm³/mol. The number of hydrogen-bond acceptors (Lipinski definition) is 7. The van der Waals surface area contributed by atoms with Gasteiger partial charge in [-0.05, 0) is 39.2 Å². The summed E-state index contributed by atoms with van der Waals surface area (Å²) in [5, 5.41) is 18.6. The Kier molecular flexibility index (Phi) is 7.95. The number of amides is 4. The predicted octanol–water partition coefficient (Wildman–Crippen LogP) is 2.91. The van der Waals surface area contributed by atoms with Crippen LogP contribution in [0.3, 0.4) is 0 Å². The highest BCUT2D eigenvalue weighted by Gasteiger charge is 2.38. The van der Waals surface area contributed by atoms with Crippen molar-refractivity contribution in [2.45, 2.75) is 59.1 Å². The zero-order valence-electron chi connectivity index (χ0n) is 19.0. The maximum atomic E-state index is 13.3. The standard InChI is InChI=1S/C20H30N6O6/c1-6-13(2)15(22-19(29)32-20(3,4)5)17(27)24-11-8-12-25(24)18(28)23-16-14(26(30)31)9-7-10-21-16/h7,9-10,13,15H,6,8,11-12H2,1-5H3,(H,22,29)(H,21,23,28)/t13-,15-/m0/s1. The van der Waals surface area contributed by atoms with Gasteiger partial charge in [0, 0.05) is 25.4 Å². The van der Waals surface area contributed by atoms with Crippen LogP contribution < -0.4 is 10.6 Å². The average Bonchev–Trinajstić information content (AvgIpc) is 3.20. The number of aromatic nitrogens is 1. The van der Waals surface area contributed by atoms with Crippen molar-refractivity contribution < 1.29 is 24.0 Å². The molecule has 1 aromatic rings. The molecule has 0 aliphatic carbocycles. The Hall–Kier alpha value is -3.44. The third kappa shape index (κ3) is 6.28. The molecule has 0 saturated carbocycles. The van der Waals surface area contributed by atoms with Gasteiger partial charge in [-0.3, -0.25) is 20.2 Å². The van der Waals surface area contributed by atoms with Gasteiger partial charge >= 0.3 is 17.8 Å². The van der Waals surface area contributed by atoms with Gasteiger partial charge in [-0.15, -0.1) is 0 Å². The molecule has 176 valence electrons. The number of nitrogens with zero attached hydrogens (tertiary/aromatic N) is 4. The normalized spacial score (nSPS) is 15.7. The number of hydrazine groups is 1. The first kappa shape index (κ1) is 24.8. The molecule has 0 unspecified atom stereocenters. The van der Waals surface area contributed by atoms with Crippen molar-refractivity contribution in [2.75, 3.05) is 18.4 Å². The van der Waals surface area contributed by atoms with Gasteiger partial charge in [-0.2, -0.15) is 0 Å². The Morgan fingerprint density at radius 2 is 1.94 bits per heavy atom. The molecular formula is C20H30N6O6. The van der Waals surface area contributed by atoms with Crippen molar-refractivity contribution in [3.63, 3.8) is 0 Å². The van der Waals surface area contributed by atoms with Crippen LogP contribution in [-0.2, 0) is 9.53 Å². The molecule has 0 spiro atoms. The second-order valence-corrected chi connectivity index (χ2v) is 8.51. The van der Waals surface area contributed by atoms with Crippen molar-refractivity contribution in [2.24, 2.45) is 5.92 Å². The van der Waals surface area contributed by atoms with Gasteiger partial charge in [0.1, 0.15) is 11.6 Å². The van der Waals surface area contributed by atoms with Gasteiger partial charge in [-0.1, -0.05) is 20.3 Å². The molecule has 1 fully saturated rings. The summed E-state index contributed by atoms with van der Waals surface area (Å²) in [6, 6.07) is 0.975. The van der Waals surface area contributed by atoms with Gasteiger partial charge in [0.2, 0.25) is 5.82 Å². The third-order valence-corrected chi connectivity index (χ3v) is 4.88. The van der Waals surface area contributed by atoms with Crippen LogP contribution >= 0.6 is 0 Å². The fourth-order valence-electron chi connectivity index (χ4n) is 3.14. The van der Waals surface area contributed by atoms with E-state index in [1.165, 1.54) is 28.3 Å². The number of hydrogen-bond donors (Lipinski definition) is 2. The molecule has 2 atom stereocenters. The highest BCUT2D eigenvalue weighted by Crippen LogP contribution is 2.23. The largest absolute Gasteiger partial charge is 0.444 e. The molecule has 2 heterocycles. The second-order valence-electron chi connectivity index (χ2n) is 8.51. The topological polar surface area (TPSA) is 147 Å². The third-order valence-electron chi connectivity index (χ3n) is 4.88. The van der Waals surface area contributed by atoms with Crippen LogP contribution in [0.5, 0.6) is 0 Å². The van der Waals surface area contributed by atoms with Crippen molar-refractivity contribution in [1.82, 2.24) is 20.3 Å². The molecule has 1 aliphatic heterocycles. The molecule has 0 aromatic carbocycles. The maximum Gasteiger partial charge on any atom is 0.408 e. The first-order valence-corrected chi connectivity index (χ1v) is 10.4. The Bertz CT molecular complexity index is 870. The van der Waals surface area contributed by atoms with E-state index in [1.54, 1.807) is 20.8 Å². The summed E-state index contributed by atoms with van der Waals surface area (Å²) in [6.07, 6.45) is 1.71. The van der Waals surface area contributed by atoms with Crippen molar-refractivity contribution in [1.29, 1.82) is 0 Å². The Morgan fingerprint density at radius 3 is 2.53 bits per heavy atom. The number of carbonyl (C=O) groups excluding carboxylic acids is 3. The lowest BCUT2D eigenvalue weighted by molar-refractivity contribution is -0.384. The van der Waals surface area contributed by atoms with E-state index in [0.717, 1.165) is 0 Å². The summed E-state index contributed by atoms with van der Waals surface area (Å²) in [7, 11) is 0. The van der Waals surface area contributed by atoms with Crippen LogP contribution in [0, 0.1) is 16.0 Å². The molecule has 4 amide bonds. The molecule has 12 nitrogen and oxygen atoms in total. The van der Waals surface area contributed by atoms with Gasteiger partial charge < -0.3 is 10.1 Å². The number of urea groups is 1. The minimum Gasteiger partial charge on any atom is -0.444 e. The average molecular weight is 450 g/mol. The molecule has 1 aromatic heterocycles. The van der Waals surface area contributed by atoms with Crippen molar-refractivity contribution >= 4 is 29.5 Å². The Balaban J connectivity index is 2.18. The summed E-state index contributed by atoms with van der Waals surface area (Å²) >= 11 is 0. The summed E-state index contributed by atoms with van der Waals surface area (Å²) in [5.41, 5.74) is -1.09. The number of anilines is 1. The Labute approximate surface area is 186 Å². The quantitative estimate of drug-likeness (QED) is 0.500. The van der Waals surface area contributed by atoms with E-state index in [9.17, 15) is 24.5 Å². The molecule has 12 heteroatoms. The van der Waals surface area contributed by atoms with Crippen LogP contribution in [0.15, 0.2) is 18.3 Å². The first-order valence-electron chi connectivity index (χ1n) is 10.4. The minimum atomic E-state index is -0.910. The van der Waals surface area contributed by atoms with Crippen molar-refractivity contribution in [3.05, 3.63) is 28.4 Å². The van der Waals surface area contributed by atoms with Gasteiger partial charge in [0.25, 0.3) is 5.91 Å². The SMILES string of the molecule is CC[C@H](C)[C@H](NC(=O)OC(C)(C)C)C(=O)N1CCCN1C(=O)Nc1ncccc1[N+](=O)[O-]. The van der Waals surface area contributed by atoms with Gasteiger partial charge in [0.15, 0.2) is 0 Å². The fraction of sp³-hybridized carbons (Fsp3) is 0.600. The molecule has 2 rings (SSSR count). The number of alkyl carbamates (subject to hydrolysis) is 1. The van der Waals surface area contributed by atoms with Crippen LogP contribution in [0.2, 0.25) is 0 Å². The molecule has 1 aliphatic rings. The second kappa shape index (κ2) is 10.2. The first-order chi connectivity index (χ1) is 14.9. The number of rotatable bonds is 6. The number of pyridine rings is 1. The summed E-state index contributed by atoms with van der Waals surface area (Å²) < 4.78 is 5.28. The van der Waals surface area contributed by atoms with E-state index in [0.29, 0.717) is 12.8 Å². The van der Waals surface area contributed by atoms with E-state index in [1.807, 2.05) is 13.8 Å². The van der Waals surface area contributed by atoms with Gasteiger partial charge in [-0.25, -0.2) is 24.6 Å². The van der Waals surface area contributed by atoms with Crippen LogP contribution in [0.4, 0.5) is 21.1 Å². The number of ether oxygens (including phenoxy) is 1. The lowest BCUT2D eigenvalue weighted by Crippen LogP contribution is -2.56. The molecule has 0 bridgehead atoms. The zero-order valence-corrected chi connectivity index (χ0v) is 19.0. The minimum absolute atomic E-state index is 0.216. The number of nitrogens with one attached hydrogen (secondary N) is 2. The molecule has 2 N–H and O–H groups in total. The highest BCUT2D eigenvalue weighted by molar-refractivity contribution is 5.93. The number of carbonyl (C=O) groups is 3. The molecule has 32 heavy (non-hydrogen) atoms. The van der Waals surface area contributed by atoms with Gasteiger partial charge in [0.05, 0.1) is 4.92 Å². The lowest BCUT2D eigenvalue weighted by atomic mass is 9.98. The summed E-state index contributed by atoms with van der Waals surface area (Å²) in [5.74, 6) is -0.905. The van der Waals surface area contributed by atoms with Crippen LogP contribution in [0.1, 0.15) is 47.5 Å². The van der Waals surface area contributed by atoms with E-state index < -0.39 is 34.6 Å². The fourth-order valence-corrected chi connectivity index (χ4v) is 3.14. The highest BCUT2D eigenvalue weighted by atomic mass is 16.6. The monoisotopic (exact) mass is 450 g/mol. The Morgan fingerprint density at radius 1 is 1.28 bits per heavy atom. The van der Waals surface area contributed by atoms with E-state index in [-0.39, 0.29) is 30.5 Å². The zero-order chi connectivity index (χ0) is 24.1. The summed E-state index contributed by atoms with van der Waals surface area (Å²) in [4.78, 5) is 52.8. The van der Waals surface area contributed by atoms with E-state index in [2.05, 4.69) is 15.6 Å². The summed E-state index contributed by atoms with van der Waals surface area (Å²) in [6.45, 7) is 9.35. The smallest absolute Gasteiger partial charge is 0.408 e. The van der Waals surface area contributed by atoms with E-state index in [4.69, 9.17) is 4.74 Å². The van der Waals surface area contributed by atoms with Crippen LogP contribution in [-0.4, -0.2) is 62.7 Å². The van der Waals surface area contributed by atoms with Crippen molar-refractivity contribution in [3.8, 4) is 0 Å². The number of nitro groups is 1. The maximum absolute atomic E-state index is 13.3. The lowest BCUT2D eigenvalue weighted by Gasteiger charge is -2.33. The molecule has 0 radical (unpaired) electrons. The molecule has 1 saturated heterocycles. The van der Waals surface area contributed by atoms with E-state index >= 15 is 0 Å². The molecular weight excluding hydrogens is 420 g/mol.